The van der Waals surface area contributed by atoms with Gasteiger partial charge in [-0.15, -0.1) is 0 Å². The van der Waals surface area contributed by atoms with Crippen LogP contribution in [-0.4, -0.2) is 18.6 Å². The van der Waals surface area contributed by atoms with E-state index in [2.05, 4.69) is 5.32 Å². The molecule has 0 aliphatic heterocycles. The van der Waals surface area contributed by atoms with E-state index in [-0.39, 0.29) is 11.6 Å². The number of hydrogen-bond acceptors (Lipinski definition) is 3. The number of likely N-dealkylation sites (N-methyl/N-ethyl adjacent to an activating group) is 1. The minimum absolute atomic E-state index is 0.0745. The zero-order valence-electron chi connectivity index (χ0n) is 8.63. The van der Waals surface area contributed by atoms with Gasteiger partial charge >= 0.3 is 0 Å². The van der Waals surface area contributed by atoms with Crippen molar-refractivity contribution < 1.29 is 9.59 Å². The van der Waals surface area contributed by atoms with Gasteiger partial charge in [0.05, 0.1) is 5.70 Å². The van der Waals surface area contributed by atoms with Crippen molar-refractivity contribution in [1.29, 1.82) is 0 Å². The summed E-state index contributed by atoms with van der Waals surface area (Å²) in [6.45, 7) is 1.67. The molecular formula is C12H11NO2. The molecule has 0 amide bonds. The van der Waals surface area contributed by atoms with Gasteiger partial charge in [0, 0.05) is 23.7 Å². The number of nitrogens with one attached hydrogen (secondary N) is 1. The summed E-state index contributed by atoms with van der Waals surface area (Å²) < 4.78 is 0. The lowest BCUT2D eigenvalue weighted by molar-refractivity contribution is 0.0970. The van der Waals surface area contributed by atoms with Crippen LogP contribution in [0.2, 0.25) is 0 Å². The highest BCUT2D eigenvalue weighted by molar-refractivity contribution is 6.26. The Morgan fingerprint density at radius 2 is 1.53 bits per heavy atom. The summed E-state index contributed by atoms with van der Waals surface area (Å²) >= 11 is 0. The number of ketones is 2. The van der Waals surface area contributed by atoms with E-state index in [4.69, 9.17) is 0 Å². The summed E-state index contributed by atoms with van der Waals surface area (Å²) in [5, 5.41) is 2.78. The van der Waals surface area contributed by atoms with Gasteiger partial charge < -0.3 is 5.32 Å². The van der Waals surface area contributed by atoms with Crippen molar-refractivity contribution in [2.75, 3.05) is 7.05 Å². The van der Waals surface area contributed by atoms with Crippen molar-refractivity contribution in [3.05, 3.63) is 46.7 Å². The minimum Gasteiger partial charge on any atom is -0.385 e. The van der Waals surface area contributed by atoms with E-state index in [9.17, 15) is 9.59 Å². The second kappa shape index (κ2) is 3.35. The lowest BCUT2D eigenvalue weighted by Gasteiger charge is -2.18. The van der Waals surface area contributed by atoms with Crippen molar-refractivity contribution >= 4 is 11.6 Å². The maximum Gasteiger partial charge on any atom is 0.209 e. The van der Waals surface area contributed by atoms with Crippen LogP contribution >= 0.6 is 0 Å². The fourth-order valence-corrected chi connectivity index (χ4v) is 1.80. The predicted octanol–water partition coefficient (Wildman–Crippen LogP) is 1.56. The molecule has 1 aliphatic carbocycles. The number of benzene rings is 1. The van der Waals surface area contributed by atoms with Crippen molar-refractivity contribution in [3.63, 3.8) is 0 Å². The van der Waals surface area contributed by atoms with Gasteiger partial charge in [0.25, 0.3) is 0 Å². The number of carbonyl (C=O) groups excluding carboxylic acids is 2. The van der Waals surface area contributed by atoms with Gasteiger partial charge in [0.15, 0.2) is 5.78 Å². The standard InChI is InChI=1S/C12H11NO2/c1-7-10(13-2)12(15)9-6-4-3-5-8(9)11(7)14/h3-6,13H,1-2H3. The number of fused-ring (bicyclic) bond motifs is 1. The first-order valence-corrected chi connectivity index (χ1v) is 4.74. The van der Waals surface area contributed by atoms with Gasteiger partial charge in [-0.2, -0.15) is 0 Å². The average Bonchev–Trinajstić information content (AvgIpc) is 2.27. The summed E-state index contributed by atoms with van der Waals surface area (Å²) in [6, 6.07) is 6.89. The van der Waals surface area contributed by atoms with Crippen LogP contribution in [0.4, 0.5) is 0 Å². The molecule has 3 heteroatoms. The molecule has 76 valence electrons. The Morgan fingerprint density at radius 3 is 2.07 bits per heavy atom. The summed E-state index contributed by atoms with van der Waals surface area (Å²) in [4.78, 5) is 23.8. The Hall–Kier alpha value is -1.90. The molecule has 2 rings (SSSR count). The molecule has 0 radical (unpaired) electrons. The Morgan fingerprint density at radius 1 is 1.00 bits per heavy atom. The van der Waals surface area contributed by atoms with Gasteiger partial charge in [-0.25, -0.2) is 0 Å². The van der Waals surface area contributed by atoms with Crippen LogP contribution in [0.5, 0.6) is 0 Å². The predicted molar refractivity (Wildman–Crippen MR) is 56.9 cm³/mol. The molecule has 15 heavy (non-hydrogen) atoms. The minimum atomic E-state index is -0.106. The molecule has 0 unspecified atom stereocenters. The maximum atomic E-state index is 11.9. The molecule has 0 fully saturated rings. The molecule has 0 saturated carbocycles. The monoisotopic (exact) mass is 201 g/mol. The zero-order chi connectivity index (χ0) is 11.0. The third-order valence-corrected chi connectivity index (χ3v) is 2.61. The lowest BCUT2D eigenvalue weighted by Crippen LogP contribution is -2.27. The first kappa shape index (κ1) is 9.65. The molecule has 0 bridgehead atoms. The maximum absolute atomic E-state index is 11.9. The van der Waals surface area contributed by atoms with Crippen LogP contribution < -0.4 is 5.32 Å². The van der Waals surface area contributed by atoms with Gasteiger partial charge in [-0.1, -0.05) is 24.3 Å². The van der Waals surface area contributed by atoms with Crippen molar-refractivity contribution in [1.82, 2.24) is 5.32 Å². The summed E-state index contributed by atoms with van der Waals surface area (Å²) in [5.41, 5.74) is 1.87. The van der Waals surface area contributed by atoms with E-state index in [0.717, 1.165) is 0 Å². The molecule has 1 aromatic carbocycles. The summed E-state index contributed by atoms with van der Waals surface area (Å²) in [6.07, 6.45) is 0. The molecule has 0 atom stereocenters. The van der Waals surface area contributed by atoms with Crippen LogP contribution in [0.15, 0.2) is 35.5 Å². The molecule has 0 heterocycles. The summed E-state index contributed by atoms with van der Waals surface area (Å²) in [5.74, 6) is -0.181. The largest absolute Gasteiger partial charge is 0.385 e. The fraction of sp³-hybridized carbons (Fsp3) is 0.167. The SMILES string of the molecule is CNC1=C(C)C(=O)c2ccccc2C1=O. The highest BCUT2D eigenvalue weighted by Gasteiger charge is 2.28. The number of Topliss-reactive ketones (excluding diaryl/α,β-unsaturated/α-hetero) is 2. The quantitative estimate of drug-likeness (QED) is 0.750. The second-order valence-corrected chi connectivity index (χ2v) is 3.45. The zero-order valence-corrected chi connectivity index (χ0v) is 8.63. The van der Waals surface area contributed by atoms with Gasteiger partial charge in [0.2, 0.25) is 5.78 Å². The van der Waals surface area contributed by atoms with Crippen LogP contribution in [0.25, 0.3) is 0 Å². The fourth-order valence-electron chi connectivity index (χ4n) is 1.80. The van der Waals surface area contributed by atoms with Crippen LogP contribution in [0.3, 0.4) is 0 Å². The highest BCUT2D eigenvalue weighted by Crippen LogP contribution is 2.24. The Kier molecular flexibility index (Phi) is 2.15. The molecule has 1 aromatic rings. The summed E-state index contributed by atoms with van der Waals surface area (Å²) in [7, 11) is 1.65. The van der Waals surface area contributed by atoms with Gasteiger partial charge in [0.1, 0.15) is 0 Å². The molecule has 1 N–H and O–H groups in total. The normalized spacial score (nSPS) is 15.3. The molecule has 3 nitrogen and oxygen atoms in total. The van der Waals surface area contributed by atoms with E-state index in [0.29, 0.717) is 22.4 Å². The van der Waals surface area contributed by atoms with E-state index in [1.54, 1.807) is 38.2 Å². The highest BCUT2D eigenvalue weighted by atomic mass is 16.1. The van der Waals surface area contributed by atoms with Crippen LogP contribution in [0, 0.1) is 0 Å². The van der Waals surface area contributed by atoms with E-state index < -0.39 is 0 Å². The third-order valence-electron chi connectivity index (χ3n) is 2.61. The number of allylic oxidation sites excluding steroid dienone is 2. The van der Waals surface area contributed by atoms with Crippen LogP contribution in [0.1, 0.15) is 27.6 Å². The van der Waals surface area contributed by atoms with Crippen LogP contribution in [-0.2, 0) is 0 Å². The molecule has 1 aliphatic rings. The van der Waals surface area contributed by atoms with E-state index in [1.165, 1.54) is 0 Å². The second-order valence-electron chi connectivity index (χ2n) is 3.45. The molecule has 0 saturated heterocycles. The smallest absolute Gasteiger partial charge is 0.209 e. The van der Waals surface area contributed by atoms with Crippen molar-refractivity contribution in [2.45, 2.75) is 6.92 Å². The van der Waals surface area contributed by atoms with Crippen molar-refractivity contribution in [2.24, 2.45) is 0 Å². The Balaban J connectivity index is 2.68. The topological polar surface area (TPSA) is 46.2 Å². The number of hydrogen-bond donors (Lipinski definition) is 1. The van der Waals surface area contributed by atoms with Gasteiger partial charge in [-0.05, 0) is 6.92 Å². The Labute approximate surface area is 87.8 Å². The number of rotatable bonds is 1. The van der Waals surface area contributed by atoms with Gasteiger partial charge in [-0.3, -0.25) is 9.59 Å². The number of carbonyl (C=O) groups is 2. The van der Waals surface area contributed by atoms with E-state index in [1.807, 2.05) is 0 Å². The first-order valence-electron chi connectivity index (χ1n) is 4.74. The Bertz CT molecular complexity index is 486. The van der Waals surface area contributed by atoms with Crippen molar-refractivity contribution in [3.8, 4) is 0 Å². The molecule has 0 aromatic heterocycles. The third kappa shape index (κ3) is 1.28. The lowest BCUT2D eigenvalue weighted by atomic mass is 9.88. The molecule has 0 spiro atoms. The first-order chi connectivity index (χ1) is 7.16. The average molecular weight is 201 g/mol. The van der Waals surface area contributed by atoms with E-state index >= 15 is 0 Å². The molecular weight excluding hydrogens is 190 g/mol.